The van der Waals surface area contributed by atoms with Crippen molar-refractivity contribution in [2.75, 3.05) is 32.9 Å². The fourth-order valence-electron chi connectivity index (χ4n) is 3.79. The van der Waals surface area contributed by atoms with Crippen LogP contribution in [-0.2, 0) is 9.53 Å². The van der Waals surface area contributed by atoms with Crippen molar-refractivity contribution < 1.29 is 14.3 Å². The third-order valence-electron chi connectivity index (χ3n) is 5.54. The van der Waals surface area contributed by atoms with E-state index in [4.69, 9.17) is 14.6 Å². The van der Waals surface area contributed by atoms with Gasteiger partial charge in [0.2, 0.25) is 0 Å². The monoisotopic (exact) mass is 474 g/mol. The summed E-state index contributed by atoms with van der Waals surface area (Å²) in [6.45, 7) is 5.56. The minimum Gasteiger partial charge on any atom is -0.494 e. The lowest BCUT2D eigenvalue weighted by Crippen LogP contribution is -2.38. The van der Waals surface area contributed by atoms with Gasteiger partial charge in [0.1, 0.15) is 5.75 Å². The minimum absolute atomic E-state index is 0.215. The highest BCUT2D eigenvalue weighted by Gasteiger charge is 2.27. The molecule has 5 rings (SSSR count). The Labute approximate surface area is 203 Å². The van der Waals surface area contributed by atoms with Gasteiger partial charge in [-0.05, 0) is 60.7 Å². The van der Waals surface area contributed by atoms with Gasteiger partial charge in [-0.1, -0.05) is 25.1 Å². The molecule has 0 atom stereocenters. The first-order valence-electron chi connectivity index (χ1n) is 11.4. The molecule has 1 aromatic heterocycles. The van der Waals surface area contributed by atoms with Crippen LogP contribution in [0, 0.1) is 0 Å². The minimum atomic E-state index is -0.215. The van der Waals surface area contributed by atoms with Crippen LogP contribution in [0.25, 0.3) is 23.0 Å². The number of rotatable bonds is 6. The molecule has 34 heavy (non-hydrogen) atoms. The highest BCUT2D eigenvalue weighted by Crippen LogP contribution is 2.34. The fraction of sp³-hybridized carbons (Fsp3) is 0.269. The molecule has 7 nitrogen and oxygen atoms in total. The number of thioether (sulfide) groups is 1. The molecule has 1 amide bonds. The maximum absolute atomic E-state index is 12.7. The Hall–Kier alpha value is -3.36. The number of ether oxygens (including phenoxy) is 2. The van der Waals surface area contributed by atoms with Crippen LogP contribution in [0.4, 0.5) is 0 Å². The molecule has 2 aromatic carbocycles. The summed E-state index contributed by atoms with van der Waals surface area (Å²) in [5.41, 5.74) is 3.56. The zero-order valence-corrected chi connectivity index (χ0v) is 19.8. The Morgan fingerprint density at radius 3 is 2.59 bits per heavy atom. The van der Waals surface area contributed by atoms with Crippen molar-refractivity contribution in [3.8, 4) is 22.7 Å². The Kier molecular flexibility index (Phi) is 6.78. The van der Waals surface area contributed by atoms with Crippen LogP contribution in [0.2, 0.25) is 0 Å². The number of morpholine rings is 1. The van der Waals surface area contributed by atoms with Gasteiger partial charge in [0.05, 0.1) is 36.1 Å². The Bertz CT molecular complexity index is 1210. The summed E-state index contributed by atoms with van der Waals surface area (Å²) < 4.78 is 13.0. The number of amides is 1. The molecule has 0 spiro atoms. The summed E-state index contributed by atoms with van der Waals surface area (Å²) >= 11 is 1.42. The fourth-order valence-corrected chi connectivity index (χ4v) is 4.74. The Balaban J connectivity index is 1.47. The van der Waals surface area contributed by atoms with Gasteiger partial charge in [0.15, 0.2) is 5.17 Å². The number of aromatic nitrogens is 2. The molecule has 0 bridgehead atoms. The summed E-state index contributed by atoms with van der Waals surface area (Å²) in [5.74, 6) is 0.617. The first-order valence-corrected chi connectivity index (χ1v) is 12.3. The van der Waals surface area contributed by atoms with E-state index in [0.717, 1.165) is 52.9 Å². The first kappa shape index (κ1) is 22.4. The normalized spacial score (nSPS) is 17.3. The average Bonchev–Trinajstić information content (AvgIpc) is 3.48. The van der Waals surface area contributed by atoms with Crippen LogP contribution < -0.4 is 4.74 Å². The quantitative estimate of drug-likeness (QED) is 0.485. The molecule has 2 aliphatic rings. The number of carbonyl (C=O) groups is 1. The molecule has 1 fully saturated rings. The van der Waals surface area contributed by atoms with Crippen molar-refractivity contribution in [1.29, 1.82) is 0 Å². The van der Waals surface area contributed by atoms with Gasteiger partial charge in [-0.15, -0.1) is 0 Å². The largest absolute Gasteiger partial charge is 0.494 e. The molecule has 2 aliphatic heterocycles. The van der Waals surface area contributed by atoms with Crippen molar-refractivity contribution in [2.24, 2.45) is 4.99 Å². The summed E-state index contributed by atoms with van der Waals surface area (Å²) in [7, 11) is 0. The van der Waals surface area contributed by atoms with Gasteiger partial charge in [-0.3, -0.25) is 4.79 Å². The maximum atomic E-state index is 12.7. The van der Waals surface area contributed by atoms with Crippen LogP contribution in [0.3, 0.4) is 0 Å². The molecule has 3 aromatic rings. The summed E-state index contributed by atoms with van der Waals surface area (Å²) in [6, 6.07) is 17.9. The summed E-state index contributed by atoms with van der Waals surface area (Å²) in [6.07, 6.45) is 4.81. The third-order valence-corrected chi connectivity index (χ3v) is 6.59. The summed E-state index contributed by atoms with van der Waals surface area (Å²) in [5, 5.41) is 5.61. The Morgan fingerprint density at radius 2 is 1.85 bits per heavy atom. The molecule has 0 saturated carbocycles. The van der Waals surface area contributed by atoms with Gasteiger partial charge >= 0.3 is 0 Å². The third kappa shape index (κ3) is 4.93. The van der Waals surface area contributed by atoms with E-state index in [1.807, 2.05) is 71.6 Å². The smallest absolute Gasteiger partial charge is 0.286 e. The van der Waals surface area contributed by atoms with Gasteiger partial charge in [-0.25, -0.2) is 4.68 Å². The lowest BCUT2D eigenvalue weighted by Gasteiger charge is -2.27. The van der Waals surface area contributed by atoms with Crippen LogP contribution in [0.15, 0.2) is 70.7 Å². The number of benzene rings is 2. The second-order valence-electron chi connectivity index (χ2n) is 8.00. The van der Waals surface area contributed by atoms with E-state index in [1.54, 1.807) is 0 Å². The molecule has 0 radical (unpaired) electrons. The Morgan fingerprint density at radius 1 is 1.09 bits per heavy atom. The van der Waals surface area contributed by atoms with Gasteiger partial charge in [-0.2, -0.15) is 10.1 Å². The molecular weight excluding hydrogens is 448 g/mol. The van der Waals surface area contributed by atoms with E-state index in [2.05, 4.69) is 16.8 Å². The molecule has 3 heterocycles. The number of para-hydroxylation sites is 1. The number of carbonyl (C=O) groups excluding carboxylic acids is 1. The van der Waals surface area contributed by atoms with Crippen LogP contribution in [0.1, 0.15) is 18.9 Å². The average molecular weight is 475 g/mol. The molecule has 0 N–H and O–H groups in total. The topological polar surface area (TPSA) is 68.9 Å². The van der Waals surface area contributed by atoms with E-state index in [0.29, 0.717) is 24.7 Å². The second kappa shape index (κ2) is 10.3. The number of hydrogen-bond acceptors (Lipinski definition) is 6. The van der Waals surface area contributed by atoms with E-state index in [1.165, 1.54) is 11.8 Å². The van der Waals surface area contributed by atoms with Gasteiger partial charge in [0.25, 0.3) is 5.91 Å². The summed E-state index contributed by atoms with van der Waals surface area (Å²) in [4.78, 5) is 19.7. The van der Waals surface area contributed by atoms with Gasteiger partial charge in [0, 0.05) is 30.4 Å². The van der Waals surface area contributed by atoms with Gasteiger partial charge < -0.3 is 14.4 Å². The van der Waals surface area contributed by atoms with E-state index >= 15 is 0 Å². The number of nitrogens with zero attached hydrogens (tertiary/aromatic N) is 4. The first-order chi connectivity index (χ1) is 16.7. The maximum Gasteiger partial charge on any atom is 0.286 e. The molecule has 0 unspecified atom stereocenters. The zero-order valence-electron chi connectivity index (χ0n) is 19.0. The SMILES string of the molecule is CCCOc1ccc(-c2nn(-c3ccccc3)cc2/C=C2\SC(N3CCOCC3)=NC2=O)cc1. The lowest BCUT2D eigenvalue weighted by molar-refractivity contribution is -0.113. The van der Waals surface area contributed by atoms with E-state index in [-0.39, 0.29) is 5.91 Å². The van der Waals surface area contributed by atoms with Crippen molar-refractivity contribution in [1.82, 2.24) is 14.7 Å². The predicted molar refractivity (Wildman–Crippen MR) is 135 cm³/mol. The molecule has 1 saturated heterocycles. The number of hydrogen-bond donors (Lipinski definition) is 0. The van der Waals surface area contributed by atoms with E-state index < -0.39 is 0 Å². The van der Waals surface area contributed by atoms with Crippen molar-refractivity contribution >= 4 is 28.9 Å². The van der Waals surface area contributed by atoms with Crippen LogP contribution >= 0.6 is 11.8 Å². The highest BCUT2D eigenvalue weighted by atomic mass is 32.2. The zero-order chi connectivity index (χ0) is 23.3. The predicted octanol–water partition coefficient (Wildman–Crippen LogP) is 4.63. The number of aliphatic imine (C=N–C) groups is 1. The molecule has 0 aliphatic carbocycles. The number of amidine groups is 1. The molecular formula is C26H26N4O3S. The van der Waals surface area contributed by atoms with Crippen molar-refractivity contribution in [3.05, 3.63) is 71.3 Å². The molecule has 174 valence electrons. The van der Waals surface area contributed by atoms with Crippen molar-refractivity contribution in [3.63, 3.8) is 0 Å². The molecule has 8 heteroatoms. The van der Waals surface area contributed by atoms with E-state index in [9.17, 15) is 4.79 Å². The second-order valence-corrected chi connectivity index (χ2v) is 9.00. The lowest BCUT2D eigenvalue weighted by atomic mass is 10.1. The van der Waals surface area contributed by atoms with Crippen LogP contribution in [-0.4, -0.2) is 58.7 Å². The highest BCUT2D eigenvalue weighted by molar-refractivity contribution is 8.18. The van der Waals surface area contributed by atoms with Crippen molar-refractivity contribution in [2.45, 2.75) is 13.3 Å². The van der Waals surface area contributed by atoms with Crippen LogP contribution in [0.5, 0.6) is 5.75 Å². The standard InChI is InChI=1S/C26H26N4O3S/c1-2-14-33-22-10-8-19(9-11-22)24-20(18-30(28-24)21-6-4-3-5-7-21)17-23-25(31)27-26(34-23)29-12-15-32-16-13-29/h3-11,17-18H,2,12-16H2,1H3/b23-17-.